The van der Waals surface area contributed by atoms with E-state index in [4.69, 9.17) is 21.1 Å². The molecule has 1 heterocycles. The van der Waals surface area contributed by atoms with Crippen molar-refractivity contribution in [2.75, 3.05) is 19.8 Å². The van der Waals surface area contributed by atoms with Crippen molar-refractivity contribution in [1.29, 1.82) is 0 Å². The summed E-state index contributed by atoms with van der Waals surface area (Å²) in [6, 6.07) is 7.22. The molecule has 1 fully saturated rings. The summed E-state index contributed by atoms with van der Waals surface area (Å²) in [4.78, 5) is 0. The van der Waals surface area contributed by atoms with E-state index in [1.54, 1.807) is 12.1 Å². The van der Waals surface area contributed by atoms with Crippen molar-refractivity contribution in [3.63, 3.8) is 0 Å². The van der Waals surface area contributed by atoms with Gasteiger partial charge in [0.2, 0.25) is 0 Å². The fraction of sp³-hybridized carbons (Fsp3) is 0.455. The van der Waals surface area contributed by atoms with Gasteiger partial charge in [-0.2, -0.15) is 0 Å². The minimum Gasteiger partial charge on any atom is -0.386 e. The van der Waals surface area contributed by atoms with Crippen LogP contribution in [-0.4, -0.2) is 31.0 Å². The van der Waals surface area contributed by atoms with Gasteiger partial charge in [0.25, 0.3) is 0 Å². The summed E-state index contributed by atoms with van der Waals surface area (Å²) in [6.45, 7) is 1.52. The quantitative estimate of drug-likeness (QED) is 0.839. The van der Waals surface area contributed by atoms with Crippen LogP contribution in [0.4, 0.5) is 0 Å². The first-order valence-electron chi connectivity index (χ1n) is 4.91. The number of rotatable bonds is 2. The van der Waals surface area contributed by atoms with E-state index in [0.717, 1.165) is 0 Å². The second-order valence-corrected chi connectivity index (χ2v) is 3.86. The predicted molar refractivity (Wildman–Crippen MR) is 57.0 cm³/mol. The molecule has 1 aliphatic heterocycles. The SMILES string of the molecule is OC(c1ccccc1Cl)C1COCCO1. The van der Waals surface area contributed by atoms with Gasteiger partial charge in [0.1, 0.15) is 12.2 Å². The molecule has 2 unspecified atom stereocenters. The standard InChI is InChI=1S/C11H13ClO3/c12-9-4-2-1-3-8(9)11(13)10-7-14-5-6-15-10/h1-4,10-11,13H,5-7H2. The molecule has 0 spiro atoms. The van der Waals surface area contributed by atoms with Crippen LogP contribution >= 0.6 is 11.6 Å². The highest BCUT2D eigenvalue weighted by atomic mass is 35.5. The topological polar surface area (TPSA) is 38.7 Å². The van der Waals surface area contributed by atoms with Crippen LogP contribution in [0.1, 0.15) is 11.7 Å². The van der Waals surface area contributed by atoms with Gasteiger partial charge in [-0.15, -0.1) is 0 Å². The first kappa shape index (κ1) is 10.9. The largest absolute Gasteiger partial charge is 0.386 e. The molecule has 1 aliphatic rings. The van der Waals surface area contributed by atoms with Crippen molar-refractivity contribution in [3.8, 4) is 0 Å². The number of hydrogen-bond acceptors (Lipinski definition) is 3. The third-order valence-corrected chi connectivity index (χ3v) is 2.76. The van der Waals surface area contributed by atoms with Crippen LogP contribution in [0.25, 0.3) is 0 Å². The number of hydrogen-bond donors (Lipinski definition) is 1. The predicted octanol–water partition coefficient (Wildman–Crippen LogP) is 1.79. The summed E-state index contributed by atoms with van der Waals surface area (Å²) in [5, 5.41) is 10.6. The van der Waals surface area contributed by atoms with Crippen molar-refractivity contribution in [3.05, 3.63) is 34.9 Å². The Labute approximate surface area is 93.6 Å². The summed E-state index contributed by atoms with van der Waals surface area (Å²) in [5.41, 5.74) is 0.690. The van der Waals surface area contributed by atoms with Gasteiger partial charge < -0.3 is 14.6 Å². The van der Waals surface area contributed by atoms with Crippen molar-refractivity contribution in [2.24, 2.45) is 0 Å². The summed E-state index contributed by atoms with van der Waals surface area (Å²) in [7, 11) is 0. The zero-order chi connectivity index (χ0) is 10.7. The number of halogens is 1. The molecular formula is C11H13ClO3. The Balaban J connectivity index is 2.12. The van der Waals surface area contributed by atoms with Crippen LogP contribution in [0, 0.1) is 0 Å². The number of aliphatic hydroxyl groups is 1. The molecule has 2 rings (SSSR count). The van der Waals surface area contributed by atoms with E-state index in [-0.39, 0.29) is 6.10 Å². The van der Waals surface area contributed by atoms with E-state index >= 15 is 0 Å². The van der Waals surface area contributed by atoms with Gasteiger partial charge in [-0.3, -0.25) is 0 Å². The van der Waals surface area contributed by atoms with Crippen molar-refractivity contribution in [1.82, 2.24) is 0 Å². The summed E-state index contributed by atoms with van der Waals surface area (Å²) in [6.07, 6.45) is -1.04. The molecule has 2 atom stereocenters. The Morgan fingerprint density at radius 1 is 1.33 bits per heavy atom. The second kappa shape index (κ2) is 4.94. The van der Waals surface area contributed by atoms with Crippen molar-refractivity contribution >= 4 is 11.6 Å². The molecule has 0 saturated carbocycles. The summed E-state index contributed by atoms with van der Waals surface area (Å²) >= 11 is 5.98. The molecule has 4 heteroatoms. The van der Waals surface area contributed by atoms with Crippen LogP contribution in [-0.2, 0) is 9.47 Å². The van der Waals surface area contributed by atoms with Crippen LogP contribution in [0.2, 0.25) is 5.02 Å². The fourth-order valence-corrected chi connectivity index (χ4v) is 1.85. The average Bonchev–Trinajstić information content (AvgIpc) is 2.30. The lowest BCUT2D eigenvalue weighted by atomic mass is 10.0. The van der Waals surface area contributed by atoms with Gasteiger partial charge in [-0.25, -0.2) is 0 Å². The summed E-state index contributed by atoms with van der Waals surface area (Å²) < 4.78 is 10.7. The molecule has 1 aromatic carbocycles. The lowest BCUT2D eigenvalue weighted by Crippen LogP contribution is -2.33. The second-order valence-electron chi connectivity index (χ2n) is 3.45. The van der Waals surface area contributed by atoms with Crippen LogP contribution in [0.15, 0.2) is 24.3 Å². The molecule has 0 bridgehead atoms. The van der Waals surface area contributed by atoms with Crippen molar-refractivity contribution < 1.29 is 14.6 Å². The molecule has 82 valence electrons. The Kier molecular flexibility index (Phi) is 3.59. The molecule has 1 N–H and O–H groups in total. The maximum Gasteiger partial charge on any atom is 0.111 e. The van der Waals surface area contributed by atoms with Gasteiger partial charge >= 0.3 is 0 Å². The molecule has 1 saturated heterocycles. The molecule has 0 aromatic heterocycles. The maximum atomic E-state index is 10.0. The molecule has 0 amide bonds. The van der Waals surface area contributed by atoms with Crippen molar-refractivity contribution in [2.45, 2.75) is 12.2 Å². The van der Waals surface area contributed by atoms with E-state index in [0.29, 0.717) is 30.4 Å². The number of aliphatic hydroxyl groups excluding tert-OH is 1. The zero-order valence-corrected chi connectivity index (χ0v) is 8.98. The average molecular weight is 229 g/mol. The van der Waals surface area contributed by atoms with E-state index in [2.05, 4.69) is 0 Å². The third kappa shape index (κ3) is 2.49. The Bertz CT molecular complexity index is 323. The van der Waals surface area contributed by atoms with Crippen LogP contribution in [0.5, 0.6) is 0 Å². The Hall–Kier alpha value is -0.610. The highest BCUT2D eigenvalue weighted by Crippen LogP contribution is 2.27. The van der Waals surface area contributed by atoms with E-state index in [1.807, 2.05) is 12.1 Å². The van der Waals surface area contributed by atoms with E-state index in [1.165, 1.54) is 0 Å². The Morgan fingerprint density at radius 3 is 2.80 bits per heavy atom. The number of ether oxygens (including phenoxy) is 2. The van der Waals surface area contributed by atoms with Gasteiger partial charge in [0, 0.05) is 10.6 Å². The van der Waals surface area contributed by atoms with E-state index in [9.17, 15) is 5.11 Å². The monoisotopic (exact) mass is 228 g/mol. The highest BCUT2D eigenvalue weighted by Gasteiger charge is 2.25. The fourth-order valence-electron chi connectivity index (χ4n) is 1.60. The van der Waals surface area contributed by atoms with Gasteiger partial charge in [0.15, 0.2) is 0 Å². The van der Waals surface area contributed by atoms with Crippen LogP contribution in [0.3, 0.4) is 0 Å². The van der Waals surface area contributed by atoms with E-state index < -0.39 is 6.10 Å². The van der Waals surface area contributed by atoms with Gasteiger partial charge in [-0.1, -0.05) is 29.8 Å². The van der Waals surface area contributed by atoms with Gasteiger partial charge in [-0.05, 0) is 6.07 Å². The normalized spacial score (nSPS) is 23.7. The molecule has 1 aromatic rings. The first-order chi connectivity index (χ1) is 7.29. The zero-order valence-electron chi connectivity index (χ0n) is 8.23. The minimum absolute atomic E-state index is 0.321. The lowest BCUT2D eigenvalue weighted by Gasteiger charge is -2.27. The molecule has 3 nitrogen and oxygen atoms in total. The minimum atomic E-state index is -0.723. The highest BCUT2D eigenvalue weighted by molar-refractivity contribution is 6.31. The Morgan fingerprint density at radius 2 is 2.13 bits per heavy atom. The van der Waals surface area contributed by atoms with Gasteiger partial charge in [0.05, 0.1) is 19.8 Å². The molecule has 15 heavy (non-hydrogen) atoms. The lowest BCUT2D eigenvalue weighted by molar-refractivity contribution is -0.133. The smallest absolute Gasteiger partial charge is 0.111 e. The summed E-state index contributed by atoms with van der Waals surface area (Å²) in [5.74, 6) is 0. The first-order valence-corrected chi connectivity index (χ1v) is 5.28. The third-order valence-electron chi connectivity index (χ3n) is 2.42. The van der Waals surface area contributed by atoms with Crippen LogP contribution < -0.4 is 0 Å². The molecule has 0 radical (unpaired) electrons. The number of benzene rings is 1. The molecule has 0 aliphatic carbocycles. The maximum absolute atomic E-state index is 10.0. The molecular weight excluding hydrogens is 216 g/mol.